The topological polar surface area (TPSA) is 46.1 Å². The number of hydrogen-bond donors (Lipinski definition) is 0. The zero-order valence-corrected chi connectivity index (χ0v) is 10.6. The van der Waals surface area contributed by atoms with Crippen molar-refractivity contribution in [3.63, 3.8) is 0 Å². The highest BCUT2D eigenvalue weighted by molar-refractivity contribution is 7.15. The predicted molar refractivity (Wildman–Crippen MR) is 63.4 cm³/mol. The van der Waals surface area contributed by atoms with Gasteiger partial charge in [0.05, 0.1) is 6.54 Å². The molecule has 1 aromatic heterocycles. The Balaban J connectivity index is 1.97. The molecular formula is C10H14ClN3OS. The van der Waals surface area contributed by atoms with Crippen LogP contribution in [0.3, 0.4) is 0 Å². The maximum Gasteiger partial charge on any atom is 0.222 e. The fourth-order valence-electron chi connectivity index (χ4n) is 1.84. The van der Waals surface area contributed by atoms with Gasteiger partial charge in [0.15, 0.2) is 0 Å². The molecule has 0 spiro atoms. The highest BCUT2D eigenvalue weighted by Crippen LogP contribution is 2.19. The Kier molecular flexibility index (Phi) is 4.12. The van der Waals surface area contributed by atoms with E-state index in [0.29, 0.717) is 17.4 Å². The first kappa shape index (κ1) is 11.8. The van der Waals surface area contributed by atoms with Crippen molar-refractivity contribution in [1.82, 2.24) is 15.1 Å². The number of carbonyl (C=O) groups excluding carboxylic acids is 1. The molecule has 1 fully saturated rings. The first-order chi connectivity index (χ1) is 7.75. The lowest BCUT2D eigenvalue weighted by Gasteiger charge is -2.23. The van der Waals surface area contributed by atoms with Crippen molar-refractivity contribution in [1.29, 1.82) is 0 Å². The number of carbonyl (C=O) groups is 1. The monoisotopic (exact) mass is 259 g/mol. The molecule has 0 aromatic carbocycles. The van der Waals surface area contributed by atoms with Gasteiger partial charge in [0.2, 0.25) is 10.4 Å². The van der Waals surface area contributed by atoms with Gasteiger partial charge in [-0.25, -0.2) is 0 Å². The van der Waals surface area contributed by atoms with E-state index in [1.165, 1.54) is 24.2 Å². The lowest BCUT2D eigenvalue weighted by Crippen LogP contribution is -2.32. The molecule has 2 rings (SSSR count). The number of halogens is 1. The summed E-state index contributed by atoms with van der Waals surface area (Å²) in [6.45, 7) is 1.39. The quantitative estimate of drug-likeness (QED) is 0.820. The Bertz CT molecular complexity index is 369. The standard InChI is InChI=1S/C10H14ClN3OS/c11-10-13-12-8(16-10)7-14-6-4-2-1-3-5-9(14)15/h1-7H2. The van der Waals surface area contributed by atoms with Crippen molar-refractivity contribution >= 4 is 28.8 Å². The van der Waals surface area contributed by atoms with E-state index >= 15 is 0 Å². The molecule has 6 heteroatoms. The van der Waals surface area contributed by atoms with Gasteiger partial charge in [-0.2, -0.15) is 0 Å². The molecule has 1 saturated heterocycles. The molecule has 0 bridgehead atoms. The number of aromatic nitrogens is 2. The maximum atomic E-state index is 11.8. The average Bonchev–Trinajstić information content (AvgIpc) is 2.64. The van der Waals surface area contributed by atoms with Gasteiger partial charge in [0.1, 0.15) is 5.01 Å². The molecule has 1 aromatic rings. The van der Waals surface area contributed by atoms with Gasteiger partial charge in [0, 0.05) is 13.0 Å². The van der Waals surface area contributed by atoms with Gasteiger partial charge in [-0.1, -0.05) is 24.2 Å². The Morgan fingerprint density at radius 3 is 2.81 bits per heavy atom. The molecule has 4 nitrogen and oxygen atoms in total. The third-order valence-corrected chi connectivity index (χ3v) is 3.69. The zero-order chi connectivity index (χ0) is 11.4. The molecule has 0 saturated carbocycles. The third-order valence-electron chi connectivity index (χ3n) is 2.69. The molecular weight excluding hydrogens is 246 g/mol. The number of hydrogen-bond acceptors (Lipinski definition) is 4. The van der Waals surface area contributed by atoms with Crippen LogP contribution in [0.15, 0.2) is 0 Å². The largest absolute Gasteiger partial charge is 0.336 e. The fourth-order valence-corrected chi connectivity index (χ4v) is 2.73. The van der Waals surface area contributed by atoms with Gasteiger partial charge in [-0.05, 0) is 24.4 Å². The summed E-state index contributed by atoms with van der Waals surface area (Å²) in [6, 6.07) is 0. The van der Waals surface area contributed by atoms with Crippen LogP contribution >= 0.6 is 22.9 Å². The van der Waals surface area contributed by atoms with Crippen LogP contribution in [-0.4, -0.2) is 27.5 Å². The molecule has 16 heavy (non-hydrogen) atoms. The molecule has 0 radical (unpaired) electrons. The van der Waals surface area contributed by atoms with Crippen LogP contribution in [-0.2, 0) is 11.3 Å². The molecule has 0 atom stereocenters. The van der Waals surface area contributed by atoms with E-state index in [0.717, 1.165) is 24.4 Å². The molecule has 2 heterocycles. The van der Waals surface area contributed by atoms with Crippen molar-refractivity contribution in [2.45, 2.75) is 38.6 Å². The van der Waals surface area contributed by atoms with E-state index in [2.05, 4.69) is 10.2 Å². The first-order valence-electron chi connectivity index (χ1n) is 5.51. The van der Waals surface area contributed by atoms with Crippen LogP contribution in [0.5, 0.6) is 0 Å². The van der Waals surface area contributed by atoms with Crippen molar-refractivity contribution < 1.29 is 4.79 Å². The third kappa shape index (κ3) is 3.15. The van der Waals surface area contributed by atoms with Gasteiger partial charge >= 0.3 is 0 Å². The molecule has 0 unspecified atom stereocenters. The number of amides is 1. The molecule has 1 amide bonds. The molecule has 1 aliphatic heterocycles. The SMILES string of the molecule is O=C1CCCCCCN1Cc1nnc(Cl)s1. The highest BCUT2D eigenvalue weighted by atomic mass is 35.5. The minimum absolute atomic E-state index is 0.228. The van der Waals surface area contributed by atoms with Crippen LogP contribution < -0.4 is 0 Å². The fraction of sp³-hybridized carbons (Fsp3) is 0.700. The van der Waals surface area contributed by atoms with Crippen LogP contribution in [0, 0.1) is 0 Å². The van der Waals surface area contributed by atoms with Crippen LogP contribution in [0.2, 0.25) is 4.47 Å². The minimum atomic E-state index is 0.228. The minimum Gasteiger partial charge on any atom is -0.336 e. The van der Waals surface area contributed by atoms with Gasteiger partial charge in [-0.15, -0.1) is 10.2 Å². The van der Waals surface area contributed by atoms with Crippen LogP contribution in [0.1, 0.15) is 37.1 Å². The summed E-state index contributed by atoms with van der Waals surface area (Å²) < 4.78 is 0.439. The van der Waals surface area contributed by atoms with Crippen molar-refractivity contribution in [3.05, 3.63) is 9.47 Å². The predicted octanol–water partition coefficient (Wildman–Crippen LogP) is 2.48. The summed E-state index contributed by atoms with van der Waals surface area (Å²) in [5, 5.41) is 8.50. The summed E-state index contributed by atoms with van der Waals surface area (Å²) in [4.78, 5) is 13.7. The van der Waals surface area contributed by atoms with Gasteiger partial charge < -0.3 is 4.90 Å². The van der Waals surface area contributed by atoms with Crippen LogP contribution in [0.25, 0.3) is 0 Å². The van der Waals surface area contributed by atoms with Crippen LogP contribution in [0.4, 0.5) is 0 Å². The average molecular weight is 260 g/mol. The smallest absolute Gasteiger partial charge is 0.222 e. The Hall–Kier alpha value is -0.680. The second-order valence-electron chi connectivity index (χ2n) is 3.93. The Morgan fingerprint density at radius 2 is 2.06 bits per heavy atom. The first-order valence-corrected chi connectivity index (χ1v) is 6.71. The Labute approximate surface area is 104 Å². The van der Waals surface area contributed by atoms with E-state index in [4.69, 9.17) is 11.6 Å². The van der Waals surface area contributed by atoms with E-state index in [1.807, 2.05) is 4.90 Å². The summed E-state index contributed by atoms with van der Waals surface area (Å²) in [5.74, 6) is 0.228. The second-order valence-corrected chi connectivity index (χ2v) is 5.57. The van der Waals surface area contributed by atoms with E-state index in [-0.39, 0.29) is 5.91 Å². The lowest BCUT2D eigenvalue weighted by atomic mass is 10.1. The van der Waals surface area contributed by atoms with E-state index < -0.39 is 0 Å². The number of rotatable bonds is 2. The number of likely N-dealkylation sites (tertiary alicyclic amines) is 1. The molecule has 1 aliphatic rings. The lowest BCUT2D eigenvalue weighted by molar-refractivity contribution is -0.132. The summed E-state index contributed by atoms with van der Waals surface area (Å²) in [6.07, 6.45) is 5.13. The van der Waals surface area contributed by atoms with Crippen molar-refractivity contribution in [2.24, 2.45) is 0 Å². The zero-order valence-electron chi connectivity index (χ0n) is 8.99. The Morgan fingerprint density at radius 1 is 1.25 bits per heavy atom. The maximum absolute atomic E-state index is 11.8. The van der Waals surface area contributed by atoms with Crippen molar-refractivity contribution in [2.75, 3.05) is 6.54 Å². The summed E-state index contributed by atoms with van der Waals surface area (Å²) in [5.41, 5.74) is 0. The van der Waals surface area contributed by atoms with E-state index in [1.54, 1.807) is 0 Å². The van der Waals surface area contributed by atoms with Crippen molar-refractivity contribution in [3.8, 4) is 0 Å². The summed E-state index contributed by atoms with van der Waals surface area (Å²) >= 11 is 7.06. The molecule has 88 valence electrons. The number of nitrogens with zero attached hydrogens (tertiary/aromatic N) is 3. The highest BCUT2D eigenvalue weighted by Gasteiger charge is 2.17. The second kappa shape index (κ2) is 5.59. The van der Waals surface area contributed by atoms with Gasteiger partial charge in [0.25, 0.3) is 0 Å². The van der Waals surface area contributed by atoms with Gasteiger partial charge in [-0.3, -0.25) is 4.79 Å². The molecule has 0 aliphatic carbocycles. The van der Waals surface area contributed by atoms with E-state index in [9.17, 15) is 4.79 Å². The normalized spacial score (nSPS) is 18.3. The molecule has 0 N–H and O–H groups in total. The summed E-state index contributed by atoms with van der Waals surface area (Å²) in [7, 11) is 0.